The van der Waals surface area contributed by atoms with Crippen molar-refractivity contribution < 1.29 is 33.8 Å². The van der Waals surface area contributed by atoms with Gasteiger partial charge in [-0.05, 0) is 138 Å². The molecule has 3 aliphatic carbocycles. The van der Waals surface area contributed by atoms with Crippen molar-refractivity contribution >= 4 is 111 Å². The van der Waals surface area contributed by atoms with Gasteiger partial charge in [0.1, 0.15) is 33.8 Å². The normalized spacial score (nSPS) is 16.0. The first kappa shape index (κ1) is 61.6. The molecule has 4 aliphatic rings. The second-order valence-corrected chi connectivity index (χ2v) is 25.1. The summed E-state index contributed by atoms with van der Waals surface area (Å²) in [5.41, 5.74) is 4.01. The van der Waals surface area contributed by atoms with Crippen molar-refractivity contribution in [2.24, 2.45) is 0 Å². The third-order valence-electron chi connectivity index (χ3n) is 16.2. The van der Waals surface area contributed by atoms with E-state index < -0.39 is 5.97 Å². The fourth-order valence-electron chi connectivity index (χ4n) is 11.0. The van der Waals surface area contributed by atoms with E-state index in [1.807, 2.05) is 72.6 Å². The van der Waals surface area contributed by atoms with Crippen molar-refractivity contribution in [3.63, 3.8) is 0 Å². The minimum atomic E-state index is -0.866. The molecule has 4 fully saturated rings. The van der Waals surface area contributed by atoms with Crippen LogP contribution in [0.2, 0.25) is 0 Å². The summed E-state index contributed by atoms with van der Waals surface area (Å²) in [6.45, 7) is 2.87. The Morgan fingerprint density at radius 2 is 1.07 bits per heavy atom. The molecule has 7 N–H and O–H groups in total. The number of carboxylic acid groups (broad SMARTS) is 1. The van der Waals surface area contributed by atoms with Crippen LogP contribution in [0.5, 0.6) is 23.0 Å². The number of carbonyl (C=O) groups excluding carboxylic acids is 3. The number of carbonyl (C=O) groups is 4. The number of amides is 3. The molecule has 91 heavy (non-hydrogen) atoms. The number of likely N-dealkylation sites (tertiary alicyclic amines) is 1. The summed E-state index contributed by atoms with van der Waals surface area (Å²) in [5, 5.41) is 38.7. The lowest BCUT2D eigenvalue weighted by atomic mass is 9.95. The van der Waals surface area contributed by atoms with E-state index in [2.05, 4.69) is 78.4 Å². The molecular weight excluding hydrogens is 1190 g/mol. The first-order chi connectivity index (χ1) is 44.4. The van der Waals surface area contributed by atoms with Gasteiger partial charge in [0.2, 0.25) is 5.91 Å². The molecule has 24 heteroatoms. The molecule has 6 aromatic heterocycles. The fraction of sp³-hybridized carbons (Fsp3) is 0.313. The molecular formula is C67H71N15O7S2. The summed E-state index contributed by atoms with van der Waals surface area (Å²) < 4.78 is 14.5. The number of ether oxygens (including phenoxy) is 2. The predicted molar refractivity (Wildman–Crippen MR) is 357 cm³/mol. The number of carboxylic acids is 1. The predicted octanol–water partition coefficient (Wildman–Crippen LogP) is 12.7. The van der Waals surface area contributed by atoms with Gasteiger partial charge in [0.15, 0.2) is 33.2 Å². The highest BCUT2D eigenvalue weighted by Crippen LogP contribution is 2.37. The summed E-state index contributed by atoms with van der Waals surface area (Å²) >= 11 is 2.89. The van der Waals surface area contributed by atoms with Gasteiger partial charge in [-0.15, -0.1) is 0 Å². The van der Waals surface area contributed by atoms with Gasteiger partial charge in [0.05, 0.1) is 20.4 Å². The number of piperidine rings is 1. The number of pyridine rings is 2. The molecule has 1 atom stereocenters. The number of likely N-dealkylation sites (N-methyl/N-ethyl adjacent to an activating group) is 2. The van der Waals surface area contributed by atoms with E-state index in [0.29, 0.717) is 86.2 Å². The van der Waals surface area contributed by atoms with Crippen LogP contribution < -0.4 is 30.7 Å². The molecule has 22 nitrogen and oxygen atoms in total. The Morgan fingerprint density at radius 1 is 0.593 bits per heavy atom. The fourth-order valence-corrected chi connectivity index (χ4v) is 12.7. The number of benzene rings is 4. The molecule has 0 radical (unpaired) electrons. The molecule has 468 valence electrons. The smallest absolute Gasteiger partial charge is 0.328 e. The highest BCUT2D eigenvalue weighted by atomic mass is 32.1. The maximum Gasteiger partial charge on any atom is 0.328 e. The van der Waals surface area contributed by atoms with E-state index in [-0.39, 0.29) is 23.8 Å². The molecule has 3 saturated carbocycles. The Labute approximate surface area is 533 Å². The van der Waals surface area contributed by atoms with Crippen LogP contribution in [0.15, 0.2) is 146 Å². The second kappa shape index (κ2) is 28.9. The average molecular weight is 1260 g/mol. The number of nitrogens with zero attached hydrogens (tertiary/aromatic N) is 9. The molecule has 14 rings (SSSR count). The van der Waals surface area contributed by atoms with Crippen LogP contribution in [0, 0.1) is 0 Å². The van der Waals surface area contributed by atoms with E-state index in [4.69, 9.17) is 14.6 Å². The van der Waals surface area contributed by atoms with E-state index >= 15 is 0 Å². The molecule has 0 spiro atoms. The van der Waals surface area contributed by atoms with E-state index in [1.54, 1.807) is 79.1 Å². The number of hydrogen-bond donors (Lipinski definition) is 7. The maximum absolute atomic E-state index is 12.9. The summed E-state index contributed by atoms with van der Waals surface area (Å²) in [4.78, 5) is 72.6. The summed E-state index contributed by atoms with van der Waals surface area (Å²) in [7, 11) is 4.12. The zero-order valence-corrected chi connectivity index (χ0v) is 52.1. The van der Waals surface area contributed by atoms with E-state index in [9.17, 15) is 19.2 Å². The Morgan fingerprint density at radius 3 is 1.55 bits per heavy atom. The Bertz CT molecular complexity index is 4160. The van der Waals surface area contributed by atoms with Crippen LogP contribution >= 0.6 is 22.7 Å². The lowest BCUT2D eigenvalue weighted by Crippen LogP contribution is -2.44. The number of para-hydroxylation sites is 2. The molecule has 1 aliphatic heterocycles. The topological polar surface area (TPSA) is 274 Å². The third-order valence-corrected chi connectivity index (χ3v) is 18.1. The van der Waals surface area contributed by atoms with Gasteiger partial charge in [0, 0.05) is 98.2 Å². The highest BCUT2D eigenvalue weighted by Gasteiger charge is 2.28. The maximum atomic E-state index is 12.9. The monoisotopic (exact) mass is 1260 g/mol. The number of aromatic amines is 2. The lowest BCUT2D eigenvalue weighted by Gasteiger charge is -2.32. The van der Waals surface area contributed by atoms with E-state index in [1.165, 1.54) is 73.7 Å². The summed E-state index contributed by atoms with van der Waals surface area (Å²) in [6, 6.07) is 35.0. The van der Waals surface area contributed by atoms with Crippen LogP contribution in [-0.2, 0) is 9.59 Å². The molecule has 10 aromatic rings. The van der Waals surface area contributed by atoms with Crippen molar-refractivity contribution in [3.05, 3.63) is 157 Å². The molecule has 4 aromatic carbocycles. The zero-order valence-electron chi connectivity index (χ0n) is 50.5. The van der Waals surface area contributed by atoms with Crippen LogP contribution in [0.4, 0.5) is 21.9 Å². The molecule has 1 saturated heterocycles. The number of fused-ring (bicyclic) bond motifs is 4. The number of aliphatic carboxylic acids is 1. The van der Waals surface area contributed by atoms with Crippen LogP contribution in [0.1, 0.15) is 91.3 Å². The average Bonchev–Trinajstić information content (AvgIpc) is 2.19. The van der Waals surface area contributed by atoms with Crippen LogP contribution in [-0.4, -0.2) is 148 Å². The number of aromatic nitrogens is 8. The summed E-state index contributed by atoms with van der Waals surface area (Å²) in [5.74, 6) is 2.55. The standard InChI is InChI=1S/C33H34N8O3S.C26H24N6O2S.C8H13NO2/c1-40(23-12-13-23)18-5-9-28(42)41-19-4-6-22(20-41)35-31-29-26(16-17-34-30(29)38-39-31)44-24-14-10-21(11-15-24)32(43)37-33-36-25-7-2-3-8-27(25)45-33;33-25(30-26-29-19-8-4-5-9-21(19)35-26)16-10-12-18(13-11-16)34-20-14-15-27-23-22(20)24(32-31-23)28-17-6-2-1-3-7-17;1-9(7-4-5-7)6-2-3-8(10)11/h2-3,5,7-11,14-17,22-23H,4,6,12-13,18-20H2,1H3,(H,36,37,43)(H2,34,35,38,39);4-5,8-15,17H,1-3,6-7H2,(H,29,30,33)(H2,27,28,31,32);2-3,7H,4-6H2,1H3,(H,10,11)/b9-5+;;3-2+/t22-;;/m1../s1. The highest BCUT2D eigenvalue weighted by molar-refractivity contribution is 7.22. The quantitative estimate of drug-likeness (QED) is 0.0349. The minimum Gasteiger partial charge on any atom is -0.478 e. The Balaban J connectivity index is 0.000000154. The number of thiazole rings is 2. The van der Waals surface area contributed by atoms with Crippen molar-refractivity contribution in [3.8, 4) is 23.0 Å². The van der Waals surface area contributed by atoms with Crippen molar-refractivity contribution in [1.29, 1.82) is 0 Å². The van der Waals surface area contributed by atoms with Crippen LogP contribution in [0.3, 0.4) is 0 Å². The SMILES string of the molecule is CN(C/C=C/C(=O)N1CCC[C@@H](Nc2n[nH]c3nccc(Oc4ccc(C(=O)Nc5nc6ccccc6s5)cc4)c23)C1)C1CC1.CN(C/C=C/C(=O)O)C1CC1.O=C(Nc1nc2ccccc2s1)c1ccc(Oc2ccnc3[nH]nc(NC4CCCCC4)c23)cc1. The molecule has 7 heterocycles. The minimum absolute atomic E-state index is 0.0398. The largest absolute Gasteiger partial charge is 0.478 e. The van der Waals surface area contributed by atoms with Crippen molar-refractivity contribution in [2.45, 2.75) is 94.8 Å². The van der Waals surface area contributed by atoms with Gasteiger partial charge in [-0.3, -0.25) is 45.0 Å². The number of rotatable bonds is 20. The first-order valence-electron chi connectivity index (χ1n) is 30.8. The Hall–Kier alpha value is -9.62. The summed E-state index contributed by atoms with van der Waals surface area (Å²) in [6.07, 6.45) is 22.8. The van der Waals surface area contributed by atoms with Gasteiger partial charge >= 0.3 is 5.97 Å². The molecule has 0 unspecified atom stereocenters. The van der Waals surface area contributed by atoms with Gasteiger partial charge in [-0.25, -0.2) is 24.7 Å². The lowest BCUT2D eigenvalue weighted by molar-refractivity contribution is -0.131. The van der Waals surface area contributed by atoms with Crippen molar-refractivity contribution in [2.75, 3.05) is 61.5 Å². The Kier molecular flexibility index (Phi) is 19.6. The van der Waals surface area contributed by atoms with Gasteiger partial charge < -0.3 is 30.1 Å². The van der Waals surface area contributed by atoms with Gasteiger partial charge in [-0.1, -0.05) is 78.4 Å². The second-order valence-electron chi connectivity index (χ2n) is 23.1. The number of hydrogen-bond acceptors (Lipinski definition) is 18. The molecule has 3 amide bonds. The number of anilines is 4. The van der Waals surface area contributed by atoms with Gasteiger partial charge in [0.25, 0.3) is 11.8 Å². The zero-order chi connectivity index (χ0) is 62.6. The molecule has 0 bridgehead atoms. The van der Waals surface area contributed by atoms with E-state index in [0.717, 1.165) is 82.3 Å². The van der Waals surface area contributed by atoms with Crippen molar-refractivity contribution in [1.82, 2.24) is 55.0 Å². The first-order valence-corrected chi connectivity index (χ1v) is 32.4. The van der Waals surface area contributed by atoms with Gasteiger partial charge in [-0.2, -0.15) is 10.2 Å². The number of H-pyrrole nitrogens is 2. The third kappa shape index (κ3) is 16.2. The number of nitrogens with one attached hydrogen (secondary N) is 6. The van der Waals surface area contributed by atoms with Crippen LogP contribution in [0.25, 0.3) is 42.5 Å².